The molecule has 1 fully saturated rings. The van der Waals surface area contributed by atoms with Crippen LogP contribution in [0.4, 0.5) is 10.1 Å². The van der Waals surface area contributed by atoms with Crippen LogP contribution in [0.1, 0.15) is 19.8 Å². The monoisotopic (exact) mass is 314 g/mol. The van der Waals surface area contributed by atoms with Gasteiger partial charge < -0.3 is 10.6 Å². The molecular formula is C14H19FN2O3S. The molecule has 1 aliphatic rings. The first-order chi connectivity index (χ1) is 9.78. The number of carbonyl (C=O) groups excluding carboxylic acids is 1. The molecule has 1 heterocycles. The van der Waals surface area contributed by atoms with Crippen LogP contribution in [0.5, 0.6) is 0 Å². The van der Waals surface area contributed by atoms with E-state index in [2.05, 4.69) is 10.6 Å². The fraction of sp³-hybridized carbons (Fsp3) is 0.500. The highest BCUT2D eigenvalue weighted by Crippen LogP contribution is 2.31. The SMILES string of the molecule is CCC1(C(=O)Nc2cc(S(C)(=O)=O)ccc2F)CCNC1. The molecule has 0 saturated carbocycles. The van der Waals surface area contributed by atoms with Gasteiger partial charge in [-0.15, -0.1) is 0 Å². The van der Waals surface area contributed by atoms with Crippen LogP contribution >= 0.6 is 0 Å². The summed E-state index contributed by atoms with van der Waals surface area (Å²) < 4.78 is 36.8. The number of benzene rings is 1. The summed E-state index contributed by atoms with van der Waals surface area (Å²) in [5.41, 5.74) is -0.657. The van der Waals surface area contributed by atoms with Crippen molar-refractivity contribution in [2.75, 3.05) is 24.7 Å². The van der Waals surface area contributed by atoms with Gasteiger partial charge >= 0.3 is 0 Å². The minimum absolute atomic E-state index is 0.0192. The number of rotatable bonds is 4. The molecule has 1 aromatic rings. The van der Waals surface area contributed by atoms with Crippen molar-refractivity contribution in [3.8, 4) is 0 Å². The van der Waals surface area contributed by atoms with Gasteiger partial charge in [0.2, 0.25) is 5.91 Å². The van der Waals surface area contributed by atoms with Crippen molar-refractivity contribution in [2.24, 2.45) is 5.41 Å². The van der Waals surface area contributed by atoms with Crippen LogP contribution < -0.4 is 10.6 Å². The highest BCUT2D eigenvalue weighted by molar-refractivity contribution is 7.90. The zero-order valence-corrected chi connectivity index (χ0v) is 12.9. The summed E-state index contributed by atoms with van der Waals surface area (Å²) in [5.74, 6) is -0.924. The molecule has 7 heteroatoms. The molecule has 1 atom stereocenters. The molecule has 0 bridgehead atoms. The smallest absolute Gasteiger partial charge is 0.231 e. The summed E-state index contributed by atoms with van der Waals surface area (Å²) in [5, 5.41) is 5.67. The van der Waals surface area contributed by atoms with E-state index >= 15 is 0 Å². The number of sulfone groups is 1. The molecule has 1 aromatic carbocycles. The molecule has 116 valence electrons. The maximum Gasteiger partial charge on any atom is 0.231 e. The minimum Gasteiger partial charge on any atom is -0.323 e. The van der Waals surface area contributed by atoms with E-state index in [4.69, 9.17) is 0 Å². The van der Waals surface area contributed by atoms with Crippen molar-refractivity contribution in [3.05, 3.63) is 24.0 Å². The second-order valence-electron chi connectivity index (χ2n) is 5.43. The lowest BCUT2D eigenvalue weighted by Crippen LogP contribution is -2.37. The summed E-state index contributed by atoms with van der Waals surface area (Å²) in [7, 11) is -3.45. The number of amides is 1. The molecule has 1 unspecified atom stereocenters. The molecular weight excluding hydrogens is 295 g/mol. The van der Waals surface area contributed by atoms with E-state index in [1.165, 1.54) is 6.07 Å². The maximum absolute atomic E-state index is 13.8. The molecule has 5 nitrogen and oxygen atoms in total. The standard InChI is InChI=1S/C14H19FN2O3S/c1-3-14(6-7-16-9-14)13(18)17-12-8-10(21(2,19)20)4-5-11(12)15/h4-5,8,16H,3,6-7,9H2,1-2H3,(H,17,18). The van der Waals surface area contributed by atoms with Crippen molar-refractivity contribution >= 4 is 21.4 Å². The number of hydrogen-bond acceptors (Lipinski definition) is 4. The Morgan fingerprint density at radius 1 is 1.48 bits per heavy atom. The fourth-order valence-corrected chi connectivity index (χ4v) is 3.13. The lowest BCUT2D eigenvalue weighted by molar-refractivity contribution is -0.124. The number of anilines is 1. The van der Waals surface area contributed by atoms with E-state index in [9.17, 15) is 17.6 Å². The third-order valence-electron chi connectivity index (χ3n) is 4.02. The van der Waals surface area contributed by atoms with Gasteiger partial charge in [-0.1, -0.05) is 6.92 Å². The predicted molar refractivity (Wildman–Crippen MR) is 78.4 cm³/mol. The van der Waals surface area contributed by atoms with Crippen LogP contribution in [0.3, 0.4) is 0 Å². The van der Waals surface area contributed by atoms with Gasteiger partial charge in [-0.05, 0) is 37.6 Å². The van der Waals surface area contributed by atoms with Gasteiger partial charge in [0.15, 0.2) is 9.84 Å². The molecule has 0 radical (unpaired) electrons. The van der Waals surface area contributed by atoms with Gasteiger partial charge in [0.25, 0.3) is 0 Å². The fourth-order valence-electron chi connectivity index (χ4n) is 2.49. The van der Waals surface area contributed by atoms with Crippen molar-refractivity contribution in [3.63, 3.8) is 0 Å². The molecule has 0 aromatic heterocycles. The number of halogens is 1. The van der Waals surface area contributed by atoms with E-state index in [1.807, 2.05) is 6.92 Å². The summed E-state index contributed by atoms with van der Waals surface area (Å²) >= 11 is 0. The number of hydrogen-bond donors (Lipinski definition) is 2. The Morgan fingerprint density at radius 3 is 2.71 bits per heavy atom. The lowest BCUT2D eigenvalue weighted by atomic mass is 9.83. The van der Waals surface area contributed by atoms with Gasteiger partial charge in [0.1, 0.15) is 5.82 Å². The average Bonchev–Trinajstić information content (AvgIpc) is 2.90. The molecule has 1 aliphatic heterocycles. The molecule has 1 saturated heterocycles. The summed E-state index contributed by atoms with van der Waals surface area (Å²) in [6.07, 6.45) is 2.36. The average molecular weight is 314 g/mol. The van der Waals surface area contributed by atoms with Crippen molar-refractivity contribution in [1.82, 2.24) is 5.32 Å². The second kappa shape index (κ2) is 5.73. The van der Waals surface area contributed by atoms with E-state index < -0.39 is 21.1 Å². The Hall–Kier alpha value is -1.47. The van der Waals surface area contributed by atoms with E-state index in [1.54, 1.807) is 0 Å². The Kier molecular flexibility index (Phi) is 4.34. The van der Waals surface area contributed by atoms with Crippen LogP contribution in [-0.4, -0.2) is 33.7 Å². The Morgan fingerprint density at radius 2 is 2.19 bits per heavy atom. The summed E-state index contributed by atoms with van der Waals surface area (Å²) in [6, 6.07) is 3.40. The quantitative estimate of drug-likeness (QED) is 0.827. The zero-order valence-electron chi connectivity index (χ0n) is 12.1. The van der Waals surface area contributed by atoms with Gasteiger partial charge in [-0.2, -0.15) is 0 Å². The summed E-state index contributed by atoms with van der Waals surface area (Å²) in [6.45, 7) is 3.20. The molecule has 21 heavy (non-hydrogen) atoms. The summed E-state index contributed by atoms with van der Waals surface area (Å²) in [4.78, 5) is 12.4. The molecule has 2 N–H and O–H groups in total. The van der Waals surface area contributed by atoms with Crippen LogP contribution in [0.25, 0.3) is 0 Å². The highest BCUT2D eigenvalue weighted by atomic mass is 32.2. The van der Waals surface area contributed by atoms with Gasteiger partial charge in [-0.3, -0.25) is 4.79 Å². The zero-order chi connectivity index (χ0) is 15.7. The van der Waals surface area contributed by atoms with Crippen LogP contribution in [-0.2, 0) is 14.6 Å². The van der Waals surface area contributed by atoms with E-state index in [0.717, 1.165) is 24.9 Å². The Balaban J connectivity index is 2.29. The Labute approximate surface area is 123 Å². The molecule has 1 amide bonds. The number of nitrogens with one attached hydrogen (secondary N) is 2. The first kappa shape index (κ1) is 15.9. The van der Waals surface area contributed by atoms with Crippen LogP contribution in [0.15, 0.2) is 23.1 Å². The van der Waals surface area contributed by atoms with Crippen molar-refractivity contribution in [1.29, 1.82) is 0 Å². The minimum atomic E-state index is -3.45. The normalized spacial score (nSPS) is 22.2. The largest absolute Gasteiger partial charge is 0.323 e. The maximum atomic E-state index is 13.8. The number of carbonyl (C=O) groups is 1. The third kappa shape index (κ3) is 3.24. The van der Waals surface area contributed by atoms with E-state index in [-0.39, 0.29) is 16.5 Å². The first-order valence-electron chi connectivity index (χ1n) is 6.80. The van der Waals surface area contributed by atoms with Crippen molar-refractivity contribution in [2.45, 2.75) is 24.7 Å². The second-order valence-corrected chi connectivity index (χ2v) is 7.44. The topological polar surface area (TPSA) is 75.3 Å². The molecule has 0 spiro atoms. The van der Waals surface area contributed by atoms with Gasteiger partial charge in [0.05, 0.1) is 16.0 Å². The molecule has 2 rings (SSSR count). The predicted octanol–water partition coefficient (Wildman–Crippen LogP) is 1.56. The van der Waals surface area contributed by atoms with Crippen LogP contribution in [0.2, 0.25) is 0 Å². The van der Waals surface area contributed by atoms with Gasteiger partial charge in [-0.25, -0.2) is 12.8 Å². The van der Waals surface area contributed by atoms with Crippen LogP contribution in [0, 0.1) is 11.2 Å². The molecule has 0 aliphatic carbocycles. The Bertz CT molecular complexity index is 652. The van der Waals surface area contributed by atoms with Crippen molar-refractivity contribution < 1.29 is 17.6 Å². The lowest BCUT2D eigenvalue weighted by Gasteiger charge is -2.25. The highest BCUT2D eigenvalue weighted by Gasteiger charge is 2.39. The third-order valence-corrected chi connectivity index (χ3v) is 5.13. The van der Waals surface area contributed by atoms with E-state index in [0.29, 0.717) is 19.4 Å². The first-order valence-corrected chi connectivity index (χ1v) is 8.69. The van der Waals surface area contributed by atoms with Gasteiger partial charge in [0, 0.05) is 12.8 Å².